The second-order valence-corrected chi connectivity index (χ2v) is 5.66. The highest BCUT2D eigenvalue weighted by molar-refractivity contribution is 7.99. The molecule has 3 nitrogen and oxygen atoms in total. The standard InChI is InChI=1S/C14H17N3S/c1-2-7-13-12(6-1)14(17-10-16-13)18-9-11-5-3-4-8-15-11/h1-2,6-7,10-11,15H,3-5,8-9H2. The second-order valence-electron chi connectivity index (χ2n) is 4.65. The Morgan fingerprint density at radius 3 is 3.06 bits per heavy atom. The summed E-state index contributed by atoms with van der Waals surface area (Å²) in [6, 6.07) is 8.85. The molecular formula is C14H17N3S. The van der Waals surface area contributed by atoms with Gasteiger partial charge in [0.25, 0.3) is 0 Å². The Morgan fingerprint density at radius 1 is 1.22 bits per heavy atom. The Labute approximate surface area is 111 Å². The molecule has 0 spiro atoms. The largest absolute Gasteiger partial charge is 0.313 e. The lowest BCUT2D eigenvalue weighted by molar-refractivity contribution is 0.430. The third kappa shape index (κ3) is 2.65. The number of piperidine rings is 1. The monoisotopic (exact) mass is 259 g/mol. The quantitative estimate of drug-likeness (QED) is 0.679. The minimum Gasteiger partial charge on any atom is -0.313 e. The van der Waals surface area contributed by atoms with Crippen LogP contribution >= 0.6 is 11.8 Å². The number of hydrogen-bond donors (Lipinski definition) is 1. The fourth-order valence-corrected chi connectivity index (χ4v) is 3.43. The molecule has 0 bridgehead atoms. The molecule has 1 N–H and O–H groups in total. The van der Waals surface area contributed by atoms with Crippen LogP contribution in [-0.4, -0.2) is 28.3 Å². The van der Waals surface area contributed by atoms with Crippen molar-refractivity contribution in [3.63, 3.8) is 0 Å². The van der Waals surface area contributed by atoms with Crippen LogP contribution in [0.25, 0.3) is 10.9 Å². The van der Waals surface area contributed by atoms with Crippen molar-refractivity contribution in [1.82, 2.24) is 15.3 Å². The summed E-state index contributed by atoms with van der Waals surface area (Å²) in [5.41, 5.74) is 1.03. The van der Waals surface area contributed by atoms with E-state index >= 15 is 0 Å². The van der Waals surface area contributed by atoms with Crippen LogP contribution in [0, 0.1) is 0 Å². The van der Waals surface area contributed by atoms with Crippen molar-refractivity contribution in [2.24, 2.45) is 0 Å². The number of nitrogens with zero attached hydrogens (tertiary/aromatic N) is 2. The van der Waals surface area contributed by atoms with Crippen LogP contribution in [0.15, 0.2) is 35.6 Å². The van der Waals surface area contributed by atoms with Gasteiger partial charge in [0.15, 0.2) is 0 Å². The van der Waals surface area contributed by atoms with Crippen LogP contribution in [0.3, 0.4) is 0 Å². The van der Waals surface area contributed by atoms with Crippen molar-refractivity contribution < 1.29 is 0 Å². The summed E-state index contributed by atoms with van der Waals surface area (Å²) in [5.74, 6) is 1.10. The van der Waals surface area contributed by atoms with Crippen molar-refractivity contribution in [3.8, 4) is 0 Å². The van der Waals surface area contributed by atoms with Crippen LogP contribution in [0.2, 0.25) is 0 Å². The summed E-state index contributed by atoms with van der Waals surface area (Å²) in [5, 5.41) is 5.85. The lowest BCUT2D eigenvalue weighted by Gasteiger charge is -2.22. The highest BCUT2D eigenvalue weighted by Gasteiger charge is 2.13. The normalized spacial score (nSPS) is 20.1. The van der Waals surface area contributed by atoms with Gasteiger partial charge in [0, 0.05) is 17.2 Å². The molecule has 1 atom stereocenters. The molecule has 2 aromatic rings. The molecule has 1 aliphatic heterocycles. The van der Waals surface area contributed by atoms with Crippen LogP contribution < -0.4 is 5.32 Å². The Bertz CT molecular complexity index is 518. The molecule has 94 valence electrons. The van der Waals surface area contributed by atoms with Crippen molar-refractivity contribution in [3.05, 3.63) is 30.6 Å². The van der Waals surface area contributed by atoms with Gasteiger partial charge in [-0.05, 0) is 25.5 Å². The molecule has 1 fully saturated rings. The first-order valence-electron chi connectivity index (χ1n) is 6.49. The third-order valence-electron chi connectivity index (χ3n) is 3.34. The van der Waals surface area contributed by atoms with E-state index in [2.05, 4.69) is 27.4 Å². The first-order valence-corrected chi connectivity index (χ1v) is 7.48. The van der Waals surface area contributed by atoms with Gasteiger partial charge in [-0.15, -0.1) is 11.8 Å². The van der Waals surface area contributed by atoms with Crippen molar-refractivity contribution in [2.45, 2.75) is 30.3 Å². The molecule has 1 aromatic carbocycles. The lowest BCUT2D eigenvalue weighted by Crippen LogP contribution is -2.35. The van der Waals surface area contributed by atoms with E-state index in [0.29, 0.717) is 6.04 Å². The molecular weight excluding hydrogens is 242 g/mol. The van der Waals surface area contributed by atoms with E-state index in [1.807, 2.05) is 23.9 Å². The summed E-state index contributed by atoms with van der Waals surface area (Å²) >= 11 is 1.84. The topological polar surface area (TPSA) is 37.8 Å². The summed E-state index contributed by atoms with van der Waals surface area (Å²) in [4.78, 5) is 8.71. The number of hydrogen-bond acceptors (Lipinski definition) is 4. The highest BCUT2D eigenvalue weighted by atomic mass is 32.2. The van der Waals surface area contributed by atoms with E-state index in [0.717, 1.165) is 22.8 Å². The zero-order chi connectivity index (χ0) is 12.2. The zero-order valence-electron chi connectivity index (χ0n) is 10.3. The molecule has 1 aliphatic rings. The molecule has 1 aromatic heterocycles. The summed E-state index contributed by atoms with van der Waals surface area (Å²) in [7, 11) is 0. The van der Waals surface area contributed by atoms with E-state index in [4.69, 9.17) is 0 Å². The lowest BCUT2D eigenvalue weighted by atomic mass is 10.1. The van der Waals surface area contributed by atoms with Crippen LogP contribution in [-0.2, 0) is 0 Å². The fraction of sp³-hybridized carbons (Fsp3) is 0.429. The number of aromatic nitrogens is 2. The van der Waals surface area contributed by atoms with Gasteiger partial charge in [0.1, 0.15) is 11.4 Å². The van der Waals surface area contributed by atoms with Crippen molar-refractivity contribution >= 4 is 22.7 Å². The van der Waals surface area contributed by atoms with Gasteiger partial charge in [0.2, 0.25) is 0 Å². The van der Waals surface area contributed by atoms with Gasteiger partial charge in [-0.3, -0.25) is 0 Å². The summed E-state index contributed by atoms with van der Waals surface area (Å²) in [6.07, 6.45) is 5.62. The number of rotatable bonds is 3. The predicted molar refractivity (Wildman–Crippen MR) is 75.9 cm³/mol. The molecule has 4 heteroatoms. The number of benzene rings is 1. The molecule has 18 heavy (non-hydrogen) atoms. The van der Waals surface area contributed by atoms with Gasteiger partial charge in [0.05, 0.1) is 5.52 Å². The number of nitrogens with one attached hydrogen (secondary N) is 1. The first-order chi connectivity index (χ1) is 8.93. The molecule has 1 unspecified atom stereocenters. The van der Waals surface area contributed by atoms with Gasteiger partial charge < -0.3 is 5.32 Å². The zero-order valence-corrected chi connectivity index (χ0v) is 11.1. The SMILES string of the molecule is c1ccc2c(SCC3CCCCN3)ncnc2c1. The molecule has 3 rings (SSSR count). The molecule has 0 amide bonds. The molecule has 0 radical (unpaired) electrons. The summed E-state index contributed by atoms with van der Waals surface area (Å²) in [6.45, 7) is 1.16. The Morgan fingerprint density at radius 2 is 2.17 bits per heavy atom. The van der Waals surface area contributed by atoms with E-state index in [9.17, 15) is 0 Å². The Kier molecular flexibility index (Phi) is 3.76. The Balaban J connectivity index is 1.74. The van der Waals surface area contributed by atoms with E-state index in [-0.39, 0.29) is 0 Å². The molecule has 2 heterocycles. The average molecular weight is 259 g/mol. The third-order valence-corrected chi connectivity index (χ3v) is 4.51. The number of fused-ring (bicyclic) bond motifs is 1. The van der Waals surface area contributed by atoms with Crippen LogP contribution in [0.5, 0.6) is 0 Å². The smallest absolute Gasteiger partial charge is 0.117 e. The maximum atomic E-state index is 4.42. The molecule has 0 aliphatic carbocycles. The second kappa shape index (κ2) is 5.67. The van der Waals surface area contributed by atoms with Crippen molar-refractivity contribution in [1.29, 1.82) is 0 Å². The van der Waals surface area contributed by atoms with Crippen molar-refractivity contribution in [2.75, 3.05) is 12.3 Å². The first kappa shape index (κ1) is 11.9. The van der Waals surface area contributed by atoms with Crippen LogP contribution in [0.1, 0.15) is 19.3 Å². The number of para-hydroxylation sites is 1. The molecule has 1 saturated heterocycles. The Hall–Kier alpha value is -1.13. The number of thioether (sulfide) groups is 1. The van der Waals surface area contributed by atoms with Gasteiger partial charge in [-0.2, -0.15) is 0 Å². The van der Waals surface area contributed by atoms with E-state index in [1.54, 1.807) is 6.33 Å². The average Bonchev–Trinajstić information content (AvgIpc) is 2.46. The van der Waals surface area contributed by atoms with Gasteiger partial charge in [-0.1, -0.05) is 24.6 Å². The highest BCUT2D eigenvalue weighted by Crippen LogP contribution is 2.25. The van der Waals surface area contributed by atoms with Crippen LogP contribution in [0.4, 0.5) is 0 Å². The maximum Gasteiger partial charge on any atom is 0.117 e. The molecule has 0 saturated carbocycles. The van der Waals surface area contributed by atoms with E-state index in [1.165, 1.54) is 24.6 Å². The predicted octanol–water partition coefficient (Wildman–Crippen LogP) is 2.86. The summed E-state index contributed by atoms with van der Waals surface area (Å²) < 4.78 is 0. The van der Waals surface area contributed by atoms with Gasteiger partial charge in [-0.25, -0.2) is 9.97 Å². The van der Waals surface area contributed by atoms with E-state index < -0.39 is 0 Å². The minimum atomic E-state index is 0.637. The minimum absolute atomic E-state index is 0.637. The maximum absolute atomic E-state index is 4.42. The van der Waals surface area contributed by atoms with Gasteiger partial charge >= 0.3 is 0 Å². The fourth-order valence-electron chi connectivity index (χ4n) is 2.34.